The van der Waals surface area contributed by atoms with Gasteiger partial charge in [-0.15, -0.1) is 0 Å². The van der Waals surface area contributed by atoms with Crippen LogP contribution in [-0.4, -0.2) is 61.8 Å². The van der Waals surface area contributed by atoms with E-state index in [9.17, 15) is 19.8 Å². The van der Waals surface area contributed by atoms with Crippen molar-refractivity contribution in [1.82, 2.24) is 0 Å². The Kier molecular flexibility index (Phi) is 18.7. The number of hydrogen-bond donors (Lipinski definition) is 2. The Balaban J connectivity index is 2.91. The van der Waals surface area contributed by atoms with Crippen LogP contribution in [0, 0.1) is 11.8 Å². The minimum absolute atomic E-state index is 0.00689. The number of carbonyl (C=O) groups is 2. The van der Waals surface area contributed by atoms with Crippen molar-refractivity contribution in [1.29, 1.82) is 0 Å². The molecule has 4 atom stereocenters. The van der Waals surface area contributed by atoms with Gasteiger partial charge in [-0.2, -0.15) is 0 Å². The van der Waals surface area contributed by atoms with Gasteiger partial charge in [-0.25, -0.2) is 9.59 Å². The van der Waals surface area contributed by atoms with Gasteiger partial charge in [0, 0.05) is 24.3 Å². The first kappa shape index (κ1) is 36.0. The molecule has 8 heteroatoms. The lowest BCUT2D eigenvalue weighted by Gasteiger charge is -2.25. The normalized spacial score (nSPS) is 14.6. The first-order valence-electron chi connectivity index (χ1n) is 15.2. The topological polar surface area (TPSA) is 112 Å². The van der Waals surface area contributed by atoms with Crippen molar-refractivity contribution in [2.45, 2.75) is 105 Å². The van der Waals surface area contributed by atoms with Crippen LogP contribution in [0.1, 0.15) is 137 Å². The summed E-state index contributed by atoms with van der Waals surface area (Å²) in [6.07, 6.45) is 7.74. The second kappa shape index (κ2) is 20.8. The van der Waals surface area contributed by atoms with Crippen LogP contribution in [0.3, 0.4) is 0 Å². The predicted octanol–water partition coefficient (Wildman–Crippen LogP) is 7.70. The molecular weight excluding hydrogens is 512 g/mol. The highest BCUT2D eigenvalue weighted by Crippen LogP contribution is 2.34. The molecule has 2 N–H and O–H groups in total. The van der Waals surface area contributed by atoms with E-state index in [0.717, 1.165) is 38.5 Å². The number of aromatic carboxylic acids is 2. The number of ether oxygens (including phenoxy) is 4. The molecule has 0 amide bonds. The highest BCUT2D eigenvalue weighted by molar-refractivity contribution is 5.95. The smallest absolute Gasteiger partial charge is 0.336 e. The Bertz CT molecular complexity index is 787. The van der Waals surface area contributed by atoms with Crippen LogP contribution >= 0.6 is 0 Å². The Morgan fingerprint density at radius 3 is 1.35 bits per heavy atom. The summed E-state index contributed by atoms with van der Waals surface area (Å²) in [5.41, 5.74) is 0.654. The summed E-state index contributed by atoms with van der Waals surface area (Å²) in [5, 5.41) is 19.8. The Morgan fingerprint density at radius 1 is 0.675 bits per heavy atom. The maximum atomic E-state index is 12.1. The number of carboxylic acid groups (broad SMARTS) is 2. The summed E-state index contributed by atoms with van der Waals surface area (Å²) in [6, 6.07) is 2.66. The summed E-state index contributed by atoms with van der Waals surface area (Å²) in [6.45, 7) is 14.8. The van der Waals surface area contributed by atoms with E-state index in [4.69, 9.17) is 18.9 Å². The minimum Gasteiger partial charge on any atom is -0.478 e. The summed E-state index contributed by atoms with van der Waals surface area (Å²) in [4.78, 5) is 24.3. The van der Waals surface area contributed by atoms with E-state index < -0.39 is 24.1 Å². The van der Waals surface area contributed by atoms with Crippen molar-refractivity contribution < 1.29 is 38.7 Å². The molecule has 1 aromatic rings. The van der Waals surface area contributed by atoms with Crippen molar-refractivity contribution in [2.75, 3.05) is 39.6 Å². The fourth-order valence-corrected chi connectivity index (χ4v) is 4.92. The van der Waals surface area contributed by atoms with Crippen LogP contribution in [0.4, 0.5) is 0 Å². The molecule has 0 aliphatic carbocycles. The van der Waals surface area contributed by atoms with E-state index in [2.05, 4.69) is 27.7 Å². The quantitative estimate of drug-likeness (QED) is 0.122. The lowest BCUT2D eigenvalue weighted by molar-refractivity contribution is -0.00760. The molecule has 0 saturated carbocycles. The lowest BCUT2D eigenvalue weighted by atomic mass is 9.89. The van der Waals surface area contributed by atoms with Gasteiger partial charge < -0.3 is 29.2 Å². The van der Waals surface area contributed by atoms with E-state index in [1.165, 1.54) is 25.0 Å². The molecule has 0 heterocycles. The van der Waals surface area contributed by atoms with Crippen LogP contribution < -0.4 is 0 Å². The number of unbranched alkanes of at least 4 members (excludes halogenated alkanes) is 2. The third kappa shape index (κ3) is 12.7. The molecule has 4 unspecified atom stereocenters. The minimum atomic E-state index is -1.14. The number of carboxylic acids is 2. The molecule has 0 saturated heterocycles. The Morgan fingerprint density at radius 2 is 1.05 bits per heavy atom. The number of hydrogen-bond acceptors (Lipinski definition) is 6. The SMILES string of the molecule is CCCCC(CC)COCCOC(C)c1c(C(=O)O)ccc(C(=O)O)c1C(C)OCCOCC(CC)CCCC. The van der Waals surface area contributed by atoms with Gasteiger partial charge in [0.05, 0.1) is 49.8 Å². The molecule has 0 aliphatic rings. The van der Waals surface area contributed by atoms with Crippen LogP contribution in [0.2, 0.25) is 0 Å². The van der Waals surface area contributed by atoms with E-state index >= 15 is 0 Å². The van der Waals surface area contributed by atoms with Crippen molar-refractivity contribution in [3.63, 3.8) is 0 Å². The Hall–Kier alpha value is -2.00. The predicted molar refractivity (Wildman–Crippen MR) is 157 cm³/mol. The highest BCUT2D eigenvalue weighted by Gasteiger charge is 2.28. The van der Waals surface area contributed by atoms with Crippen LogP contribution in [-0.2, 0) is 18.9 Å². The lowest BCUT2D eigenvalue weighted by Crippen LogP contribution is -2.20. The van der Waals surface area contributed by atoms with Gasteiger partial charge in [0.25, 0.3) is 0 Å². The van der Waals surface area contributed by atoms with Gasteiger partial charge in [0.15, 0.2) is 0 Å². The van der Waals surface area contributed by atoms with Gasteiger partial charge in [-0.05, 0) is 50.7 Å². The fraction of sp³-hybridized carbons (Fsp3) is 0.750. The largest absolute Gasteiger partial charge is 0.478 e. The first-order valence-corrected chi connectivity index (χ1v) is 15.2. The maximum Gasteiger partial charge on any atom is 0.336 e. The zero-order chi connectivity index (χ0) is 29.9. The zero-order valence-electron chi connectivity index (χ0n) is 25.7. The van der Waals surface area contributed by atoms with E-state index in [1.807, 2.05) is 0 Å². The summed E-state index contributed by atoms with van der Waals surface area (Å²) in [7, 11) is 0. The molecule has 0 spiro atoms. The van der Waals surface area contributed by atoms with Gasteiger partial charge in [-0.1, -0.05) is 66.2 Å². The first-order chi connectivity index (χ1) is 19.2. The molecule has 230 valence electrons. The average molecular weight is 567 g/mol. The molecule has 0 aliphatic heterocycles. The molecule has 1 rings (SSSR count). The van der Waals surface area contributed by atoms with Crippen molar-refractivity contribution >= 4 is 11.9 Å². The molecule has 1 aromatic carbocycles. The molecule has 0 fully saturated rings. The third-order valence-corrected chi connectivity index (χ3v) is 7.55. The van der Waals surface area contributed by atoms with Crippen molar-refractivity contribution in [3.05, 3.63) is 34.4 Å². The average Bonchev–Trinajstić information content (AvgIpc) is 2.94. The molecule has 0 bridgehead atoms. The molecule has 40 heavy (non-hydrogen) atoms. The van der Waals surface area contributed by atoms with Gasteiger partial charge in [0.2, 0.25) is 0 Å². The standard InChI is InChI=1S/C32H54O8/c1-7-11-13-25(9-3)21-37-17-19-39-23(5)29-27(31(33)34)15-16-28(32(35)36)30(29)24(6)40-20-18-38-22-26(10-4)14-12-8-2/h15-16,23-26H,7-14,17-22H2,1-6H3,(H,33,34)(H,35,36). The van der Waals surface area contributed by atoms with E-state index in [-0.39, 0.29) is 24.3 Å². The van der Waals surface area contributed by atoms with E-state index in [0.29, 0.717) is 49.4 Å². The van der Waals surface area contributed by atoms with Crippen molar-refractivity contribution in [2.24, 2.45) is 11.8 Å². The zero-order valence-corrected chi connectivity index (χ0v) is 25.7. The van der Waals surface area contributed by atoms with Gasteiger partial charge >= 0.3 is 11.9 Å². The van der Waals surface area contributed by atoms with Gasteiger partial charge in [-0.3, -0.25) is 0 Å². The maximum absolute atomic E-state index is 12.1. The summed E-state index contributed by atoms with van der Waals surface area (Å²) < 4.78 is 23.7. The fourth-order valence-electron chi connectivity index (χ4n) is 4.92. The summed E-state index contributed by atoms with van der Waals surface area (Å²) in [5.74, 6) is -1.26. The molecule has 0 radical (unpaired) electrons. The van der Waals surface area contributed by atoms with Crippen LogP contribution in [0.15, 0.2) is 12.1 Å². The van der Waals surface area contributed by atoms with Crippen LogP contribution in [0.5, 0.6) is 0 Å². The summed E-state index contributed by atoms with van der Waals surface area (Å²) >= 11 is 0. The van der Waals surface area contributed by atoms with E-state index in [1.54, 1.807) is 13.8 Å². The highest BCUT2D eigenvalue weighted by atomic mass is 16.5. The monoisotopic (exact) mass is 566 g/mol. The molecule has 0 aromatic heterocycles. The molecular formula is C32H54O8. The second-order valence-electron chi connectivity index (χ2n) is 10.6. The van der Waals surface area contributed by atoms with Gasteiger partial charge in [0.1, 0.15) is 0 Å². The number of rotatable bonds is 24. The second-order valence-corrected chi connectivity index (χ2v) is 10.6. The van der Waals surface area contributed by atoms with Crippen LogP contribution in [0.25, 0.3) is 0 Å². The third-order valence-electron chi connectivity index (χ3n) is 7.55. The van der Waals surface area contributed by atoms with Crippen molar-refractivity contribution in [3.8, 4) is 0 Å². The molecule has 8 nitrogen and oxygen atoms in total. The number of benzene rings is 1. The Labute approximate surface area is 241 Å².